The smallest absolute Gasteiger partial charge is 0.121 e. The molecule has 0 amide bonds. The molecule has 0 atom stereocenters. The maximum atomic E-state index is 6.03. The lowest BCUT2D eigenvalue weighted by atomic mass is 10.3. The number of benzene rings is 1. The van der Waals surface area contributed by atoms with Crippen LogP contribution in [0.25, 0.3) is 0 Å². The molecule has 1 aromatic carbocycles. The highest BCUT2D eigenvalue weighted by Gasteiger charge is 2.01. The van der Waals surface area contributed by atoms with Crippen LogP contribution in [0.3, 0.4) is 0 Å². The molecule has 3 nitrogen and oxygen atoms in total. The highest BCUT2D eigenvalue weighted by atomic mass is 35.5. The van der Waals surface area contributed by atoms with E-state index < -0.39 is 0 Å². The molecule has 0 bridgehead atoms. The summed E-state index contributed by atoms with van der Waals surface area (Å²) in [7, 11) is 1.64. The van der Waals surface area contributed by atoms with Crippen molar-refractivity contribution in [1.29, 1.82) is 0 Å². The monoisotopic (exact) mass is 243 g/mol. The zero-order valence-electron chi connectivity index (χ0n) is 9.75. The SMILES string of the molecule is CCCOCCNc1cc(OC)ccc1Cl. The lowest BCUT2D eigenvalue weighted by Gasteiger charge is -2.10. The van der Waals surface area contributed by atoms with Gasteiger partial charge in [0.15, 0.2) is 0 Å². The molecule has 0 unspecified atom stereocenters. The minimum atomic E-state index is 0.682. The van der Waals surface area contributed by atoms with Gasteiger partial charge >= 0.3 is 0 Å². The Labute approximate surface area is 102 Å². The van der Waals surface area contributed by atoms with E-state index in [2.05, 4.69) is 12.2 Å². The summed E-state index contributed by atoms with van der Waals surface area (Å²) in [6.45, 7) is 4.31. The van der Waals surface area contributed by atoms with E-state index in [-0.39, 0.29) is 0 Å². The number of anilines is 1. The summed E-state index contributed by atoms with van der Waals surface area (Å²) in [6.07, 6.45) is 1.04. The van der Waals surface area contributed by atoms with Crippen LogP contribution in [0.2, 0.25) is 5.02 Å². The van der Waals surface area contributed by atoms with Crippen molar-refractivity contribution >= 4 is 17.3 Å². The quantitative estimate of drug-likeness (QED) is 0.746. The van der Waals surface area contributed by atoms with Crippen LogP contribution >= 0.6 is 11.6 Å². The molecule has 0 aliphatic heterocycles. The molecule has 16 heavy (non-hydrogen) atoms. The first-order valence-electron chi connectivity index (χ1n) is 5.43. The molecular formula is C12H18ClNO2. The van der Waals surface area contributed by atoms with Crippen LogP contribution in [0.15, 0.2) is 18.2 Å². The molecule has 0 saturated heterocycles. The van der Waals surface area contributed by atoms with Gasteiger partial charge in [-0.3, -0.25) is 0 Å². The predicted octanol–water partition coefficient (Wildman–Crippen LogP) is 3.19. The molecule has 0 aromatic heterocycles. The zero-order valence-corrected chi connectivity index (χ0v) is 10.5. The molecule has 0 radical (unpaired) electrons. The molecule has 0 spiro atoms. The summed E-state index contributed by atoms with van der Waals surface area (Å²) in [5, 5.41) is 3.90. The summed E-state index contributed by atoms with van der Waals surface area (Å²) in [4.78, 5) is 0. The van der Waals surface area contributed by atoms with Gasteiger partial charge in [-0.1, -0.05) is 18.5 Å². The van der Waals surface area contributed by atoms with Gasteiger partial charge in [0.05, 0.1) is 24.4 Å². The van der Waals surface area contributed by atoms with Gasteiger partial charge in [-0.15, -0.1) is 0 Å². The van der Waals surface area contributed by atoms with Gasteiger partial charge in [-0.25, -0.2) is 0 Å². The molecule has 0 fully saturated rings. The first kappa shape index (κ1) is 13.1. The number of nitrogens with one attached hydrogen (secondary N) is 1. The van der Waals surface area contributed by atoms with E-state index in [1.54, 1.807) is 7.11 Å². The van der Waals surface area contributed by atoms with Crippen molar-refractivity contribution in [2.24, 2.45) is 0 Å². The topological polar surface area (TPSA) is 30.5 Å². The minimum Gasteiger partial charge on any atom is -0.497 e. The maximum absolute atomic E-state index is 6.03. The van der Waals surface area contributed by atoms with E-state index in [1.165, 1.54) is 0 Å². The van der Waals surface area contributed by atoms with E-state index >= 15 is 0 Å². The largest absolute Gasteiger partial charge is 0.497 e. The highest BCUT2D eigenvalue weighted by Crippen LogP contribution is 2.26. The van der Waals surface area contributed by atoms with Crippen LogP contribution in [-0.4, -0.2) is 26.9 Å². The Morgan fingerprint density at radius 3 is 2.81 bits per heavy atom. The van der Waals surface area contributed by atoms with Gasteiger partial charge in [-0.2, -0.15) is 0 Å². The van der Waals surface area contributed by atoms with E-state index in [4.69, 9.17) is 21.1 Å². The Hall–Kier alpha value is -0.930. The lowest BCUT2D eigenvalue weighted by Crippen LogP contribution is -2.10. The number of methoxy groups -OCH3 is 1. The van der Waals surface area contributed by atoms with Gasteiger partial charge in [-0.05, 0) is 18.6 Å². The molecule has 0 heterocycles. The Morgan fingerprint density at radius 2 is 2.12 bits per heavy atom. The van der Waals surface area contributed by atoms with Gasteiger partial charge in [0.2, 0.25) is 0 Å². The average molecular weight is 244 g/mol. The zero-order chi connectivity index (χ0) is 11.8. The van der Waals surface area contributed by atoms with E-state index in [0.29, 0.717) is 11.6 Å². The maximum Gasteiger partial charge on any atom is 0.121 e. The summed E-state index contributed by atoms with van der Waals surface area (Å²) in [5.41, 5.74) is 0.876. The minimum absolute atomic E-state index is 0.682. The molecule has 0 aliphatic rings. The standard InChI is InChI=1S/C12H18ClNO2/c1-3-7-16-8-6-14-12-9-10(15-2)4-5-11(12)13/h4-5,9,14H,3,6-8H2,1-2H3. The van der Waals surface area contributed by atoms with Crippen LogP contribution in [0.4, 0.5) is 5.69 Å². The van der Waals surface area contributed by atoms with E-state index in [1.807, 2.05) is 18.2 Å². The van der Waals surface area contributed by atoms with Crippen LogP contribution in [-0.2, 0) is 4.74 Å². The predicted molar refractivity (Wildman–Crippen MR) is 67.6 cm³/mol. The van der Waals surface area contributed by atoms with Crippen molar-refractivity contribution in [3.8, 4) is 5.75 Å². The van der Waals surface area contributed by atoms with Crippen LogP contribution in [0.5, 0.6) is 5.75 Å². The number of halogens is 1. The summed E-state index contributed by atoms with van der Waals surface area (Å²) in [5.74, 6) is 0.793. The van der Waals surface area contributed by atoms with Crippen molar-refractivity contribution in [2.75, 3.05) is 32.2 Å². The lowest BCUT2D eigenvalue weighted by molar-refractivity contribution is 0.144. The normalized spacial score (nSPS) is 10.2. The fourth-order valence-electron chi connectivity index (χ4n) is 1.27. The summed E-state index contributed by atoms with van der Waals surface area (Å²) < 4.78 is 10.5. The number of hydrogen-bond donors (Lipinski definition) is 1. The molecular weight excluding hydrogens is 226 g/mol. The fourth-order valence-corrected chi connectivity index (χ4v) is 1.46. The Balaban J connectivity index is 2.40. The van der Waals surface area contributed by atoms with E-state index in [9.17, 15) is 0 Å². The molecule has 0 saturated carbocycles. The molecule has 1 rings (SSSR count). The highest BCUT2D eigenvalue weighted by molar-refractivity contribution is 6.33. The molecule has 1 aromatic rings. The van der Waals surface area contributed by atoms with Gasteiger partial charge in [0.25, 0.3) is 0 Å². The molecule has 0 aliphatic carbocycles. The Bertz CT molecular complexity index is 318. The third kappa shape index (κ3) is 4.29. The fraction of sp³-hybridized carbons (Fsp3) is 0.500. The number of hydrogen-bond acceptors (Lipinski definition) is 3. The first-order chi connectivity index (χ1) is 7.77. The van der Waals surface area contributed by atoms with Crippen LogP contribution in [0.1, 0.15) is 13.3 Å². The third-order valence-corrected chi connectivity index (χ3v) is 2.41. The van der Waals surface area contributed by atoms with Crippen molar-refractivity contribution < 1.29 is 9.47 Å². The van der Waals surface area contributed by atoms with Gasteiger partial charge in [0.1, 0.15) is 5.75 Å². The van der Waals surface area contributed by atoms with Crippen molar-refractivity contribution in [3.63, 3.8) is 0 Å². The molecule has 4 heteroatoms. The number of rotatable bonds is 7. The van der Waals surface area contributed by atoms with Crippen molar-refractivity contribution in [1.82, 2.24) is 0 Å². The molecule has 1 N–H and O–H groups in total. The first-order valence-corrected chi connectivity index (χ1v) is 5.81. The Kier molecular flexibility index (Phi) is 6.04. The van der Waals surface area contributed by atoms with Gasteiger partial charge < -0.3 is 14.8 Å². The Morgan fingerprint density at radius 1 is 1.31 bits per heavy atom. The second-order valence-corrected chi connectivity index (χ2v) is 3.79. The average Bonchev–Trinajstić information content (AvgIpc) is 2.31. The summed E-state index contributed by atoms with van der Waals surface area (Å²) >= 11 is 6.03. The molecule has 90 valence electrons. The van der Waals surface area contributed by atoms with Crippen molar-refractivity contribution in [3.05, 3.63) is 23.2 Å². The van der Waals surface area contributed by atoms with E-state index in [0.717, 1.165) is 31.0 Å². The van der Waals surface area contributed by atoms with Crippen LogP contribution < -0.4 is 10.1 Å². The second kappa shape index (κ2) is 7.36. The summed E-state index contributed by atoms with van der Waals surface area (Å²) in [6, 6.07) is 5.53. The second-order valence-electron chi connectivity index (χ2n) is 3.38. The number of ether oxygens (including phenoxy) is 2. The van der Waals surface area contributed by atoms with Crippen LogP contribution in [0, 0.1) is 0 Å². The van der Waals surface area contributed by atoms with Gasteiger partial charge in [0, 0.05) is 19.2 Å². The third-order valence-electron chi connectivity index (χ3n) is 2.08. The van der Waals surface area contributed by atoms with Crippen molar-refractivity contribution in [2.45, 2.75) is 13.3 Å².